The Kier molecular flexibility index (Phi) is 3.30. The zero-order valence-electron chi connectivity index (χ0n) is 11.0. The molecule has 0 amide bonds. The van der Waals surface area contributed by atoms with Crippen molar-refractivity contribution in [2.75, 3.05) is 0 Å². The zero-order chi connectivity index (χ0) is 14.7. The first-order chi connectivity index (χ1) is 10.2. The molecule has 1 aromatic carbocycles. The molecule has 0 aliphatic carbocycles. The summed E-state index contributed by atoms with van der Waals surface area (Å²) in [4.78, 5) is 8.04. The molecule has 0 bridgehead atoms. The van der Waals surface area contributed by atoms with E-state index in [2.05, 4.69) is 15.1 Å². The van der Waals surface area contributed by atoms with Gasteiger partial charge in [0.15, 0.2) is 0 Å². The minimum absolute atomic E-state index is 0.122. The van der Waals surface area contributed by atoms with Gasteiger partial charge in [-0.3, -0.25) is 10.4 Å². The van der Waals surface area contributed by atoms with Crippen molar-refractivity contribution < 1.29 is 4.74 Å². The second kappa shape index (κ2) is 5.41. The van der Waals surface area contributed by atoms with Gasteiger partial charge >= 0.3 is 6.01 Å². The minimum Gasteiger partial charge on any atom is -0.423 e. The summed E-state index contributed by atoms with van der Waals surface area (Å²) in [5.41, 5.74) is 6.62. The Hall–Kier alpha value is -3.22. The van der Waals surface area contributed by atoms with Crippen LogP contribution >= 0.6 is 0 Å². The van der Waals surface area contributed by atoms with E-state index in [-0.39, 0.29) is 11.8 Å². The van der Waals surface area contributed by atoms with Gasteiger partial charge in [0.25, 0.3) is 0 Å². The number of benzene rings is 1. The summed E-state index contributed by atoms with van der Waals surface area (Å²) in [7, 11) is 0. The van der Waals surface area contributed by atoms with E-state index in [1.54, 1.807) is 23.1 Å². The molecule has 7 heteroatoms. The van der Waals surface area contributed by atoms with Crippen LogP contribution in [0.4, 0.5) is 0 Å². The second-order valence-electron chi connectivity index (χ2n) is 4.20. The average Bonchev–Trinajstić information content (AvgIpc) is 2.97. The summed E-state index contributed by atoms with van der Waals surface area (Å²) < 4.78 is 7.15. The molecule has 0 radical (unpaired) electrons. The second-order valence-corrected chi connectivity index (χ2v) is 4.20. The Morgan fingerprint density at radius 2 is 1.95 bits per heavy atom. The van der Waals surface area contributed by atoms with Crippen LogP contribution in [0.25, 0.3) is 5.69 Å². The van der Waals surface area contributed by atoms with Gasteiger partial charge in [-0.05, 0) is 18.2 Å². The van der Waals surface area contributed by atoms with Gasteiger partial charge in [-0.2, -0.15) is 4.98 Å². The summed E-state index contributed by atoms with van der Waals surface area (Å²) in [5, 5.41) is 11.6. The maximum absolute atomic E-state index is 7.35. The largest absolute Gasteiger partial charge is 0.423 e. The highest BCUT2D eigenvalue weighted by atomic mass is 16.5. The predicted octanol–water partition coefficient (Wildman–Crippen LogP) is 1.74. The van der Waals surface area contributed by atoms with Gasteiger partial charge in [0, 0.05) is 12.3 Å². The normalized spacial score (nSPS) is 10.3. The fourth-order valence-electron chi connectivity index (χ4n) is 1.73. The van der Waals surface area contributed by atoms with E-state index < -0.39 is 0 Å². The van der Waals surface area contributed by atoms with Crippen molar-refractivity contribution in [3.63, 3.8) is 0 Å². The number of nitrogens with zero attached hydrogens (tertiary/aromatic N) is 4. The zero-order valence-corrected chi connectivity index (χ0v) is 11.0. The smallest absolute Gasteiger partial charge is 0.341 e. The number of hydrogen-bond donors (Lipinski definition) is 2. The number of pyridine rings is 1. The number of nitrogen functional groups attached to an aromatic ring is 1. The monoisotopic (exact) mass is 280 g/mol. The molecule has 21 heavy (non-hydrogen) atoms. The van der Waals surface area contributed by atoms with Crippen molar-refractivity contribution in [1.29, 1.82) is 5.41 Å². The van der Waals surface area contributed by atoms with Gasteiger partial charge in [-0.15, -0.1) is 5.10 Å². The van der Waals surface area contributed by atoms with E-state index in [4.69, 9.17) is 15.9 Å². The molecule has 3 rings (SSSR count). The molecule has 0 atom stereocenters. The number of nitrogens with two attached hydrogens (primary N) is 1. The topological polar surface area (TPSA) is 103 Å². The van der Waals surface area contributed by atoms with Crippen LogP contribution in [0.3, 0.4) is 0 Å². The van der Waals surface area contributed by atoms with E-state index >= 15 is 0 Å². The molecule has 0 fully saturated rings. The molecule has 0 unspecified atom stereocenters. The van der Waals surface area contributed by atoms with Crippen molar-refractivity contribution in [3.8, 4) is 17.4 Å². The number of rotatable bonds is 4. The predicted molar refractivity (Wildman–Crippen MR) is 76.7 cm³/mol. The van der Waals surface area contributed by atoms with E-state index in [9.17, 15) is 0 Å². The van der Waals surface area contributed by atoms with Crippen molar-refractivity contribution in [3.05, 3.63) is 60.7 Å². The van der Waals surface area contributed by atoms with Gasteiger partial charge in [0.2, 0.25) is 0 Å². The highest BCUT2D eigenvalue weighted by Crippen LogP contribution is 2.18. The summed E-state index contributed by atoms with van der Waals surface area (Å²) in [6.45, 7) is 0. The lowest BCUT2D eigenvalue weighted by atomic mass is 10.3. The summed E-state index contributed by atoms with van der Waals surface area (Å²) in [6.07, 6.45) is 3.08. The first-order valence-corrected chi connectivity index (χ1v) is 6.18. The van der Waals surface area contributed by atoms with Crippen LogP contribution in [0.1, 0.15) is 5.69 Å². The lowest BCUT2D eigenvalue weighted by molar-refractivity contribution is 0.441. The van der Waals surface area contributed by atoms with E-state index in [1.807, 2.05) is 30.3 Å². The van der Waals surface area contributed by atoms with Crippen molar-refractivity contribution in [2.24, 2.45) is 5.73 Å². The first kappa shape index (κ1) is 12.8. The lowest BCUT2D eigenvalue weighted by Gasteiger charge is -2.02. The molecule has 0 aliphatic rings. The van der Waals surface area contributed by atoms with E-state index in [0.717, 1.165) is 5.69 Å². The Balaban J connectivity index is 1.82. The van der Waals surface area contributed by atoms with Gasteiger partial charge in [0.1, 0.15) is 23.6 Å². The molecule has 0 saturated heterocycles. The molecule has 3 N–H and O–H groups in total. The third kappa shape index (κ3) is 2.86. The van der Waals surface area contributed by atoms with Crippen LogP contribution in [0, 0.1) is 5.41 Å². The summed E-state index contributed by atoms with van der Waals surface area (Å²) in [6, 6.07) is 13.0. The lowest BCUT2D eigenvalue weighted by Crippen LogP contribution is -2.12. The Morgan fingerprint density at radius 3 is 2.71 bits per heavy atom. The van der Waals surface area contributed by atoms with Crippen molar-refractivity contribution in [1.82, 2.24) is 19.7 Å². The molecule has 2 heterocycles. The molecular formula is C14H12N6O. The summed E-state index contributed by atoms with van der Waals surface area (Å²) in [5.74, 6) is 0.351. The van der Waals surface area contributed by atoms with Crippen LogP contribution < -0.4 is 10.5 Å². The molecule has 2 aromatic heterocycles. The fourth-order valence-corrected chi connectivity index (χ4v) is 1.73. The number of para-hydroxylation sites is 1. The molecule has 7 nitrogen and oxygen atoms in total. The van der Waals surface area contributed by atoms with Gasteiger partial charge in [0.05, 0.1) is 5.69 Å². The first-order valence-electron chi connectivity index (χ1n) is 6.18. The maximum atomic E-state index is 7.35. The number of ether oxygens (including phenoxy) is 1. The van der Waals surface area contributed by atoms with Gasteiger partial charge < -0.3 is 10.5 Å². The maximum Gasteiger partial charge on any atom is 0.341 e. The summed E-state index contributed by atoms with van der Waals surface area (Å²) >= 11 is 0. The SMILES string of the molecule is N=C(N)c1cc(Oc2ncn(-c3ccccc3)n2)ccn1. The number of amidine groups is 1. The third-order valence-electron chi connectivity index (χ3n) is 2.71. The van der Waals surface area contributed by atoms with Crippen LogP contribution in [0.15, 0.2) is 55.0 Å². The van der Waals surface area contributed by atoms with Crippen LogP contribution in [0.5, 0.6) is 11.8 Å². The quantitative estimate of drug-likeness (QED) is 0.559. The fraction of sp³-hybridized carbons (Fsp3) is 0. The molecule has 0 spiro atoms. The van der Waals surface area contributed by atoms with Gasteiger partial charge in [-0.1, -0.05) is 18.2 Å². The molecular weight excluding hydrogens is 268 g/mol. The van der Waals surface area contributed by atoms with Crippen LogP contribution in [-0.2, 0) is 0 Å². The molecule has 0 saturated carbocycles. The number of nitrogens with one attached hydrogen (secondary N) is 1. The van der Waals surface area contributed by atoms with Crippen molar-refractivity contribution in [2.45, 2.75) is 0 Å². The minimum atomic E-state index is -0.122. The highest BCUT2D eigenvalue weighted by molar-refractivity contribution is 5.93. The van der Waals surface area contributed by atoms with Crippen molar-refractivity contribution >= 4 is 5.84 Å². The Bertz CT molecular complexity index is 768. The van der Waals surface area contributed by atoms with E-state index in [1.165, 1.54) is 6.20 Å². The van der Waals surface area contributed by atoms with Crippen LogP contribution in [-0.4, -0.2) is 25.6 Å². The van der Waals surface area contributed by atoms with Gasteiger partial charge in [-0.25, -0.2) is 4.68 Å². The average molecular weight is 280 g/mol. The molecule has 104 valence electrons. The molecule has 0 aliphatic heterocycles. The number of aromatic nitrogens is 4. The Morgan fingerprint density at radius 1 is 1.14 bits per heavy atom. The van der Waals surface area contributed by atoms with E-state index in [0.29, 0.717) is 11.4 Å². The Labute approximate surface area is 120 Å². The highest BCUT2D eigenvalue weighted by Gasteiger charge is 2.07. The third-order valence-corrected chi connectivity index (χ3v) is 2.71. The number of hydrogen-bond acceptors (Lipinski definition) is 5. The standard InChI is InChI=1S/C14H12N6O/c15-13(16)12-8-11(6-7-17-12)21-14-18-9-20(19-14)10-4-2-1-3-5-10/h1-9H,(H3,15,16). The van der Waals surface area contributed by atoms with Crippen LogP contribution in [0.2, 0.25) is 0 Å². The molecule has 3 aromatic rings.